The van der Waals surface area contributed by atoms with Crippen molar-refractivity contribution in [2.45, 2.75) is 38.1 Å². The predicted molar refractivity (Wildman–Crippen MR) is 77.0 cm³/mol. The number of aryl methyl sites for hydroxylation is 1. The van der Waals surface area contributed by atoms with E-state index in [0.717, 1.165) is 5.92 Å². The zero-order valence-electron chi connectivity index (χ0n) is 12.0. The van der Waals surface area contributed by atoms with Crippen LogP contribution in [0.5, 0.6) is 0 Å². The number of hydrogen-bond acceptors (Lipinski definition) is 3. The minimum atomic E-state index is 0.621. The number of hydrogen-bond donors (Lipinski definition) is 1. The van der Waals surface area contributed by atoms with Gasteiger partial charge in [-0.15, -0.1) is 0 Å². The summed E-state index contributed by atoms with van der Waals surface area (Å²) in [5.74, 6) is 0.941. The molecule has 1 unspecified atom stereocenters. The van der Waals surface area contributed by atoms with E-state index in [1.165, 1.54) is 63.8 Å². The molecule has 0 bridgehead atoms. The first kappa shape index (κ1) is 13.1. The molecule has 0 radical (unpaired) electrons. The molecular formula is C15H26N4. The maximum atomic E-state index is 4.33. The van der Waals surface area contributed by atoms with Crippen LogP contribution in [0.15, 0.2) is 12.4 Å². The van der Waals surface area contributed by atoms with Crippen LogP contribution in [0.25, 0.3) is 0 Å². The fourth-order valence-electron chi connectivity index (χ4n) is 3.60. The average molecular weight is 262 g/mol. The van der Waals surface area contributed by atoms with Crippen LogP contribution < -0.4 is 5.32 Å². The highest BCUT2D eigenvalue weighted by molar-refractivity contribution is 5.12. The Hall–Kier alpha value is -0.870. The van der Waals surface area contributed by atoms with Crippen LogP contribution in [0, 0.1) is 5.92 Å². The molecular weight excluding hydrogens is 236 g/mol. The van der Waals surface area contributed by atoms with Crippen LogP contribution in [0.3, 0.4) is 0 Å². The topological polar surface area (TPSA) is 33.1 Å². The van der Waals surface area contributed by atoms with Gasteiger partial charge in [-0.1, -0.05) is 0 Å². The molecule has 2 fully saturated rings. The van der Waals surface area contributed by atoms with Crippen molar-refractivity contribution < 1.29 is 0 Å². The average Bonchev–Trinajstić information content (AvgIpc) is 3.06. The van der Waals surface area contributed by atoms with Gasteiger partial charge in [0.15, 0.2) is 0 Å². The first-order valence-electron chi connectivity index (χ1n) is 7.76. The zero-order valence-corrected chi connectivity index (χ0v) is 12.0. The van der Waals surface area contributed by atoms with Gasteiger partial charge in [0.25, 0.3) is 0 Å². The molecule has 2 saturated heterocycles. The third-order valence-corrected chi connectivity index (χ3v) is 4.76. The van der Waals surface area contributed by atoms with E-state index in [9.17, 15) is 0 Å². The quantitative estimate of drug-likeness (QED) is 0.900. The van der Waals surface area contributed by atoms with E-state index >= 15 is 0 Å². The first-order valence-corrected chi connectivity index (χ1v) is 7.76. The van der Waals surface area contributed by atoms with E-state index in [2.05, 4.69) is 21.5 Å². The molecule has 4 heteroatoms. The minimum absolute atomic E-state index is 0.621. The second kappa shape index (κ2) is 6.06. The van der Waals surface area contributed by atoms with Crippen LogP contribution in [-0.4, -0.2) is 40.9 Å². The second-order valence-electron chi connectivity index (χ2n) is 6.12. The zero-order chi connectivity index (χ0) is 13.1. The van der Waals surface area contributed by atoms with E-state index in [1.54, 1.807) is 0 Å². The van der Waals surface area contributed by atoms with Crippen LogP contribution in [-0.2, 0) is 7.05 Å². The number of likely N-dealkylation sites (tertiary alicyclic amines) is 1. The lowest BCUT2D eigenvalue weighted by atomic mass is 9.94. The summed E-state index contributed by atoms with van der Waals surface area (Å²) in [5.41, 5.74) is 1.41. The van der Waals surface area contributed by atoms with Crippen molar-refractivity contribution in [1.29, 1.82) is 0 Å². The Morgan fingerprint density at radius 2 is 2.16 bits per heavy atom. The van der Waals surface area contributed by atoms with Gasteiger partial charge in [0.2, 0.25) is 0 Å². The number of nitrogens with zero attached hydrogens (tertiary/aromatic N) is 3. The Balaban J connectivity index is 1.54. The van der Waals surface area contributed by atoms with Gasteiger partial charge < -0.3 is 5.32 Å². The largest absolute Gasteiger partial charge is 0.317 e. The fraction of sp³-hybridized carbons (Fsp3) is 0.800. The third kappa shape index (κ3) is 3.18. The van der Waals surface area contributed by atoms with Crippen LogP contribution in [0.4, 0.5) is 0 Å². The lowest BCUT2D eigenvalue weighted by molar-refractivity contribution is 0.222. The normalized spacial score (nSPS) is 26.1. The molecule has 4 nitrogen and oxygen atoms in total. The molecule has 0 saturated carbocycles. The number of piperidine rings is 1. The molecule has 1 aromatic heterocycles. The van der Waals surface area contributed by atoms with Gasteiger partial charge in [-0.05, 0) is 64.2 Å². The highest BCUT2D eigenvalue weighted by Gasteiger charge is 2.27. The van der Waals surface area contributed by atoms with E-state index in [4.69, 9.17) is 0 Å². The molecule has 19 heavy (non-hydrogen) atoms. The summed E-state index contributed by atoms with van der Waals surface area (Å²) in [6.45, 7) is 4.97. The lowest BCUT2D eigenvalue weighted by Gasteiger charge is -2.28. The molecule has 3 heterocycles. The van der Waals surface area contributed by atoms with E-state index < -0.39 is 0 Å². The van der Waals surface area contributed by atoms with Gasteiger partial charge in [0, 0.05) is 24.8 Å². The first-order chi connectivity index (χ1) is 9.33. The van der Waals surface area contributed by atoms with Crippen molar-refractivity contribution in [3.05, 3.63) is 18.0 Å². The summed E-state index contributed by atoms with van der Waals surface area (Å²) in [6, 6.07) is 0.621. The summed E-state index contributed by atoms with van der Waals surface area (Å²) >= 11 is 0. The van der Waals surface area contributed by atoms with E-state index in [0.29, 0.717) is 6.04 Å². The van der Waals surface area contributed by atoms with Gasteiger partial charge in [-0.3, -0.25) is 9.58 Å². The Labute approximate surface area is 116 Å². The Morgan fingerprint density at radius 1 is 1.32 bits per heavy atom. The van der Waals surface area contributed by atoms with Gasteiger partial charge in [-0.25, -0.2) is 0 Å². The summed E-state index contributed by atoms with van der Waals surface area (Å²) in [4.78, 5) is 2.68. The molecule has 1 atom stereocenters. The third-order valence-electron chi connectivity index (χ3n) is 4.76. The van der Waals surface area contributed by atoms with Gasteiger partial charge in [0.1, 0.15) is 0 Å². The van der Waals surface area contributed by atoms with Crippen molar-refractivity contribution in [2.75, 3.05) is 26.2 Å². The molecule has 106 valence electrons. The summed E-state index contributed by atoms with van der Waals surface area (Å²) in [5, 5.41) is 7.78. The predicted octanol–water partition coefficient (Wildman–Crippen LogP) is 1.95. The lowest BCUT2D eigenvalue weighted by Crippen LogP contribution is -2.31. The van der Waals surface area contributed by atoms with Crippen LogP contribution >= 0.6 is 0 Å². The SMILES string of the molecule is Cn1cc(C2CCCN2CCC2CCNCC2)cn1. The van der Waals surface area contributed by atoms with Crippen molar-refractivity contribution in [1.82, 2.24) is 20.0 Å². The van der Waals surface area contributed by atoms with E-state index in [-0.39, 0.29) is 0 Å². The van der Waals surface area contributed by atoms with Gasteiger partial charge >= 0.3 is 0 Å². The molecule has 2 aliphatic rings. The number of nitrogens with one attached hydrogen (secondary N) is 1. The molecule has 1 aromatic rings. The Morgan fingerprint density at radius 3 is 2.89 bits per heavy atom. The summed E-state index contributed by atoms with van der Waals surface area (Å²) in [7, 11) is 2.01. The van der Waals surface area contributed by atoms with Crippen molar-refractivity contribution in [3.63, 3.8) is 0 Å². The maximum Gasteiger partial charge on any atom is 0.0537 e. The van der Waals surface area contributed by atoms with Crippen LogP contribution in [0.1, 0.15) is 43.7 Å². The summed E-state index contributed by atoms with van der Waals surface area (Å²) in [6.07, 6.45) is 11.0. The molecule has 3 rings (SSSR count). The maximum absolute atomic E-state index is 4.33. The monoisotopic (exact) mass is 262 g/mol. The highest BCUT2D eigenvalue weighted by atomic mass is 15.3. The fourth-order valence-corrected chi connectivity index (χ4v) is 3.60. The van der Waals surface area contributed by atoms with Crippen molar-refractivity contribution in [2.24, 2.45) is 13.0 Å². The highest BCUT2D eigenvalue weighted by Crippen LogP contribution is 2.32. The Bertz CT molecular complexity index is 395. The molecule has 0 amide bonds. The standard InChI is InChI=1S/C15H26N4/c1-18-12-14(11-17-18)15-3-2-9-19(15)10-6-13-4-7-16-8-5-13/h11-13,15-16H,2-10H2,1H3. The number of aromatic nitrogens is 2. The molecule has 0 spiro atoms. The molecule has 1 N–H and O–H groups in total. The number of rotatable bonds is 4. The smallest absolute Gasteiger partial charge is 0.0537 e. The van der Waals surface area contributed by atoms with Crippen LogP contribution in [0.2, 0.25) is 0 Å². The van der Waals surface area contributed by atoms with Crippen molar-refractivity contribution in [3.8, 4) is 0 Å². The van der Waals surface area contributed by atoms with E-state index in [1.807, 2.05) is 17.9 Å². The van der Waals surface area contributed by atoms with Gasteiger partial charge in [0.05, 0.1) is 6.20 Å². The van der Waals surface area contributed by atoms with Crippen molar-refractivity contribution >= 4 is 0 Å². The minimum Gasteiger partial charge on any atom is -0.317 e. The molecule has 0 aliphatic carbocycles. The van der Waals surface area contributed by atoms with Gasteiger partial charge in [-0.2, -0.15) is 5.10 Å². The Kier molecular flexibility index (Phi) is 4.18. The second-order valence-corrected chi connectivity index (χ2v) is 6.12. The molecule has 2 aliphatic heterocycles. The molecule has 0 aromatic carbocycles. The summed E-state index contributed by atoms with van der Waals surface area (Å²) < 4.78 is 1.93.